The quantitative estimate of drug-likeness (QED) is 0.140. The maximum atomic E-state index is 7.10. The van der Waals surface area contributed by atoms with Crippen LogP contribution in [-0.2, 0) is 8.85 Å². The standard InChI is InChI=1S/C31H50O2Si/c1-4-7-8-9-10-11-12-13-14-21-28-32-34(30-24-17-15-18-25-30,31-26-19-16-20-27-31)33-29(22-5-2)23-6-3/h15-20,24-27,29H,4-14,21-23,28H2,1-3H3. The fraction of sp³-hybridized carbons (Fsp3) is 0.613. The van der Waals surface area contributed by atoms with Crippen molar-refractivity contribution in [3.05, 3.63) is 60.7 Å². The molecule has 3 heteroatoms. The molecule has 0 saturated carbocycles. The first-order valence-corrected chi connectivity index (χ1v) is 16.0. The molecule has 0 atom stereocenters. The van der Waals surface area contributed by atoms with Gasteiger partial charge in [-0.25, -0.2) is 0 Å². The Balaban J connectivity index is 2.04. The normalized spacial score (nSPS) is 11.9. The van der Waals surface area contributed by atoms with Crippen molar-refractivity contribution in [1.82, 2.24) is 0 Å². The van der Waals surface area contributed by atoms with E-state index in [4.69, 9.17) is 8.85 Å². The lowest BCUT2D eigenvalue weighted by Gasteiger charge is -2.35. The summed E-state index contributed by atoms with van der Waals surface area (Å²) < 4.78 is 14.0. The molecule has 0 aromatic heterocycles. The molecule has 0 heterocycles. The van der Waals surface area contributed by atoms with Crippen LogP contribution in [0.15, 0.2) is 60.7 Å². The number of unbranched alkanes of at least 4 members (excludes halogenated alkanes) is 9. The number of hydrogen-bond acceptors (Lipinski definition) is 2. The average Bonchev–Trinajstić information content (AvgIpc) is 2.88. The van der Waals surface area contributed by atoms with E-state index in [-0.39, 0.29) is 6.10 Å². The monoisotopic (exact) mass is 482 g/mol. The van der Waals surface area contributed by atoms with E-state index in [1.807, 2.05) is 0 Å². The summed E-state index contributed by atoms with van der Waals surface area (Å²) in [5, 5.41) is 2.45. The van der Waals surface area contributed by atoms with Gasteiger partial charge < -0.3 is 8.85 Å². The van der Waals surface area contributed by atoms with E-state index in [0.717, 1.165) is 38.7 Å². The van der Waals surface area contributed by atoms with Gasteiger partial charge in [-0.2, -0.15) is 0 Å². The lowest BCUT2D eigenvalue weighted by atomic mass is 10.1. The Bertz CT molecular complexity index is 673. The molecule has 2 aromatic rings. The minimum atomic E-state index is -2.78. The van der Waals surface area contributed by atoms with Gasteiger partial charge in [-0.3, -0.25) is 0 Å². The summed E-state index contributed by atoms with van der Waals surface area (Å²) in [7, 11) is -2.78. The molecule has 0 spiro atoms. The summed E-state index contributed by atoms with van der Waals surface area (Å²) in [4.78, 5) is 0. The van der Waals surface area contributed by atoms with E-state index >= 15 is 0 Å². The lowest BCUT2D eigenvalue weighted by Crippen LogP contribution is -2.64. The van der Waals surface area contributed by atoms with Crippen LogP contribution in [0.4, 0.5) is 0 Å². The van der Waals surface area contributed by atoms with Gasteiger partial charge in [-0.05, 0) is 29.6 Å². The predicted molar refractivity (Wildman–Crippen MR) is 150 cm³/mol. The molecule has 0 saturated heterocycles. The van der Waals surface area contributed by atoms with Crippen LogP contribution in [0.3, 0.4) is 0 Å². The zero-order valence-corrected chi connectivity index (χ0v) is 23.3. The summed E-state index contributed by atoms with van der Waals surface area (Å²) in [5.41, 5.74) is 0. The highest BCUT2D eigenvalue weighted by molar-refractivity contribution is 6.92. The number of benzene rings is 2. The van der Waals surface area contributed by atoms with Crippen molar-refractivity contribution < 1.29 is 8.85 Å². The van der Waals surface area contributed by atoms with Gasteiger partial charge >= 0.3 is 8.56 Å². The minimum absolute atomic E-state index is 0.245. The second-order valence-electron chi connectivity index (χ2n) is 9.70. The maximum absolute atomic E-state index is 7.10. The number of hydrogen-bond donors (Lipinski definition) is 0. The molecule has 0 aliphatic rings. The summed E-state index contributed by atoms with van der Waals surface area (Å²) >= 11 is 0. The molecule has 2 aromatic carbocycles. The van der Waals surface area contributed by atoms with E-state index in [0.29, 0.717) is 0 Å². The van der Waals surface area contributed by atoms with Crippen LogP contribution >= 0.6 is 0 Å². The molecular weight excluding hydrogens is 432 g/mol. The van der Waals surface area contributed by atoms with Crippen LogP contribution in [0.2, 0.25) is 0 Å². The molecule has 0 aliphatic heterocycles. The first-order chi connectivity index (χ1) is 16.8. The van der Waals surface area contributed by atoms with Crippen molar-refractivity contribution in [1.29, 1.82) is 0 Å². The van der Waals surface area contributed by atoms with Crippen molar-refractivity contribution in [3.8, 4) is 0 Å². The Labute approximate surface area is 211 Å². The zero-order chi connectivity index (χ0) is 24.3. The third kappa shape index (κ3) is 10.1. The summed E-state index contributed by atoms with van der Waals surface area (Å²) in [6.07, 6.45) is 18.1. The van der Waals surface area contributed by atoms with Crippen molar-refractivity contribution in [2.24, 2.45) is 0 Å². The van der Waals surface area contributed by atoms with E-state index in [9.17, 15) is 0 Å². The Kier molecular flexibility index (Phi) is 15.2. The molecule has 2 rings (SSSR count). The molecule has 0 fully saturated rings. The SMILES string of the molecule is CCCCCCCCCCCCO[Si](OC(CCC)CCC)(c1ccccc1)c1ccccc1. The Hall–Kier alpha value is -1.42. The molecule has 34 heavy (non-hydrogen) atoms. The van der Waals surface area contributed by atoms with Gasteiger partial charge in [-0.15, -0.1) is 0 Å². The first kappa shape index (κ1) is 28.8. The minimum Gasteiger partial charge on any atom is -0.388 e. The van der Waals surface area contributed by atoms with Gasteiger partial charge in [0.15, 0.2) is 0 Å². The smallest absolute Gasteiger partial charge is 0.388 e. The highest BCUT2D eigenvalue weighted by Gasteiger charge is 2.44. The van der Waals surface area contributed by atoms with Crippen LogP contribution in [0.25, 0.3) is 0 Å². The molecule has 2 nitrogen and oxygen atoms in total. The fourth-order valence-electron chi connectivity index (χ4n) is 4.76. The number of rotatable bonds is 20. The van der Waals surface area contributed by atoms with E-state index < -0.39 is 8.56 Å². The van der Waals surface area contributed by atoms with Crippen LogP contribution in [-0.4, -0.2) is 21.3 Å². The van der Waals surface area contributed by atoms with Gasteiger partial charge in [0.05, 0.1) is 0 Å². The van der Waals surface area contributed by atoms with Crippen molar-refractivity contribution in [3.63, 3.8) is 0 Å². The molecule has 0 bridgehead atoms. The van der Waals surface area contributed by atoms with Crippen molar-refractivity contribution >= 4 is 18.9 Å². The predicted octanol–water partition coefficient (Wildman–Crippen LogP) is 8.17. The Morgan fingerprint density at radius 3 is 1.44 bits per heavy atom. The van der Waals surface area contributed by atoms with Crippen molar-refractivity contribution in [2.45, 2.75) is 117 Å². The summed E-state index contributed by atoms with van der Waals surface area (Å²) in [6, 6.07) is 21.5. The maximum Gasteiger partial charge on any atom is 0.407 e. The molecule has 0 aliphatic carbocycles. The van der Waals surface area contributed by atoms with Gasteiger partial charge in [0, 0.05) is 12.7 Å². The summed E-state index contributed by atoms with van der Waals surface area (Å²) in [6.45, 7) is 7.57. The van der Waals surface area contributed by atoms with Crippen LogP contribution in [0, 0.1) is 0 Å². The van der Waals surface area contributed by atoms with Crippen LogP contribution in [0.5, 0.6) is 0 Å². The van der Waals surface area contributed by atoms with Crippen molar-refractivity contribution in [2.75, 3.05) is 6.61 Å². The lowest BCUT2D eigenvalue weighted by molar-refractivity contribution is 0.115. The van der Waals surface area contributed by atoms with E-state index in [2.05, 4.69) is 81.4 Å². The molecular formula is C31H50O2Si. The Morgan fingerprint density at radius 2 is 1.00 bits per heavy atom. The second kappa shape index (κ2) is 17.9. The summed E-state index contributed by atoms with van der Waals surface area (Å²) in [5.74, 6) is 0. The molecule has 0 amide bonds. The highest BCUT2D eigenvalue weighted by Crippen LogP contribution is 2.20. The van der Waals surface area contributed by atoms with Gasteiger partial charge in [0.1, 0.15) is 0 Å². The van der Waals surface area contributed by atoms with Gasteiger partial charge in [0.25, 0.3) is 0 Å². The molecule has 190 valence electrons. The Morgan fingerprint density at radius 1 is 0.559 bits per heavy atom. The largest absolute Gasteiger partial charge is 0.407 e. The molecule has 0 N–H and O–H groups in total. The van der Waals surface area contributed by atoms with Crippen LogP contribution in [0.1, 0.15) is 111 Å². The average molecular weight is 483 g/mol. The van der Waals surface area contributed by atoms with Gasteiger partial charge in [0.2, 0.25) is 0 Å². The topological polar surface area (TPSA) is 18.5 Å². The van der Waals surface area contributed by atoms with Gasteiger partial charge in [-0.1, -0.05) is 152 Å². The van der Waals surface area contributed by atoms with E-state index in [1.165, 1.54) is 68.2 Å². The molecule has 0 unspecified atom stereocenters. The second-order valence-corrected chi connectivity index (χ2v) is 12.6. The van der Waals surface area contributed by atoms with E-state index in [1.54, 1.807) is 0 Å². The molecule has 0 radical (unpaired) electrons. The van der Waals surface area contributed by atoms with Crippen LogP contribution < -0.4 is 10.4 Å². The zero-order valence-electron chi connectivity index (χ0n) is 22.3. The fourth-order valence-corrected chi connectivity index (χ4v) is 8.17. The first-order valence-electron chi connectivity index (χ1n) is 14.2. The third-order valence-corrected chi connectivity index (χ3v) is 10.1. The third-order valence-electron chi connectivity index (χ3n) is 6.66. The highest BCUT2D eigenvalue weighted by atomic mass is 28.4.